The van der Waals surface area contributed by atoms with Gasteiger partial charge in [-0.3, -0.25) is 0 Å². The molecule has 0 aliphatic rings. The molecule has 0 saturated heterocycles. The summed E-state index contributed by atoms with van der Waals surface area (Å²) in [6, 6.07) is 5.02. The zero-order valence-electron chi connectivity index (χ0n) is 7.83. The number of hydrogen-bond donors (Lipinski definition) is 2. The summed E-state index contributed by atoms with van der Waals surface area (Å²) in [4.78, 5) is 10.9. The maximum absolute atomic E-state index is 10.9. The first-order chi connectivity index (χ1) is 7.15. The van der Waals surface area contributed by atoms with E-state index in [2.05, 4.69) is 40.4 Å². The highest BCUT2D eigenvalue weighted by molar-refractivity contribution is 9.10. The van der Waals surface area contributed by atoms with Crippen LogP contribution in [0.2, 0.25) is 0 Å². The molecule has 0 spiro atoms. The van der Waals surface area contributed by atoms with Crippen molar-refractivity contribution < 1.29 is 9.90 Å². The van der Waals surface area contributed by atoms with E-state index in [-0.39, 0.29) is 5.56 Å². The van der Waals surface area contributed by atoms with Gasteiger partial charge < -0.3 is 5.11 Å². The van der Waals surface area contributed by atoms with Crippen LogP contribution in [0.1, 0.15) is 22.3 Å². The molecule has 0 fully saturated rings. The van der Waals surface area contributed by atoms with Gasteiger partial charge in [0, 0.05) is 22.2 Å². The lowest BCUT2D eigenvalue weighted by molar-refractivity contribution is 0.0696. The highest BCUT2D eigenvalue weighted by atomic mass is 79.9. The van der Waals surface area contributed by atoms with Crippen LogP contribution >= 0.6 is 28.6 Å². The second kappa shape index (κ2) is 5.84. The first-order valence-electron chi connectivity index (χ1n) is 4.27. The van der Waals surface area contributed by atoms with E-state index >= 15 is 0 Å². The zero-order chi connectivity index (χ0) is 11.3. The van der Waals surface area contributed by atoms with E-state index in [0.29, 0.717) is 17.7 Å². The molecule has 0 radical (unpaired) electrons. The fourth-order valence-corrected chi connectivity index (χ4v) is 1.49. The minimum Gasteiger partial charge on any atom is -0.478 e. The van der Waals surface area contributed by atoms with Crippen molar-refractivity contribution in [3.05, 3.63) is 33.8 Å². The Morgan fingerprint density at radius 3 is 2.87 bits per heavy atom. The second-order valence-corrected chi connectivity index (χ2v) is 4.13. The van der Waals surface area contributed by atoms with Crippen LogP contribution in [-0.4, -0.2) is 16.8 Å². The molecule has 1 rings (SSSR count). The van der Waals surface area contributed by atoms with E-state index in [9.17, 15) is 4.79 Å². The Hall–Kier alpha value is -0.920. The molecule has 0 aromatic heterocycles. The van der Waals surface area contributed by atoms with Crippen molar-refractivity contribution >= 4 is 34.5 Å². The molecular weight excluding hydrogens is 276 g/mol. The van der Waals surface area contributed by atoms with Gasteiger partial charge >= 0.3 is 5.97 Å². The molecule has 78 valence electrons. The third kappa shape index (κ3) is 3.61. The van der Waals surface area contributed by atoms with Gasteiger partial charge in [0.1, 0.15) is 0 Å². The predicted octanol–water partition coefficient (Wildman–Crippen LogP) is 2.82. The lowest BCUT2D eigenvalue weighted by Crippen LogP contribution is -1.99. The van der Waals surface area contributed by atoms with E-state index in [1.165, 1.54) is 0 Å². The van der Waals surface area contributed by atoms with Crippen LogP contribution in [0.4, 0.5) is 0 Å². The van der Waals surface area contributed by atoms with Gasteiger partial charge in [0.25, 0.3) is 0 Å². The third-order valence-electron chi connectivity index (χ3n) is 1.67. The van der Waals surface area contributed by atoms with Crippen molar-refractivity contribution in [1.82, 2.24) is 0 Å². The molecule has 0 aliphatic heterocycles. The molecule has 0 aliphatic carbocycles. The number of carboxylic acid groups (broad SMARTS) is 1. The van der Waals surface area contributed by atoms with Crippen LogP contribution in [-0.2, 0) is 0 Å². The van der Waals surface area contributed by atoms with Crippen LogP contribution in [0, 0.1) is 11.8 Å². The zero-order valence-corrected chi connectivity index (χ0v) is 10.3. The average molecular weight is 285 g/mol. The number of benzene rings is 1. The Kier molecular flexibility index (Phi) is 4.73. The fraction of sp³-hybridized carbons (Fsp3) is 0.182. The summed E-state index contributed by atoms with van der Waals surface area (Å²) in [6.07, 6.45) is 0.651. The number of hydrogen-bond acceptors (Lipinski definition) is 2. The van der Waals surface area contributed by atoms with Gasteiger partial charge in [-0.15, -0.1) is 0 Å². The molecular formula is C11H9BrO2S. The number of thiol groups is 1. The summed E-state index contributed by atoms with van der Waals surface area (Å²) >= 11 is 7.25. The van der Waals surface area contributed by atoms with Gasteiger partial charge in [0.2, 0.25) is 0 Å². The molecule has 0 bridgehead atoms. The Morgan fingerprint density at radius 2 is 2.27 bits per heavy atom. The second-order valence-electron chi connectivity index (χ2n) is 2.77. The minimum atomic E-state index is -0.966. The van der Waals surface area contributed by atoms with Crippen LogP contribution in [0.5, 0.6) is 0 Å². The molecule has 1 aromatic carbocycles. The summed E-state index contributed by atoms with van der Waals surface area (Å²) < 4.78 is 0.736. The van der Waals surface area contributed by atoms with Gasteiger partial charge in [-0.05, 0) is 18.2 Å². The molecule has 0 atom stereocenters. The highest BCUT2D eigenvalue weighted by Crippen LogP contribution is 2.16. The van der Waals surface area contributed by atoms with Crippen molar-refractivity contribution in [1.29, 1.82) is 0 Å². The predicted molar refractivity (Wildman–Crippen MR) is 66.4 cm³/mol. The monoisotopic (exact) mass is 284 g/mol. The smallest absolute Gasteiger partial charge is 0.337 e. The lowest BCUT2D eigenvalue weighted by Gasteiger charge is -1.99. The van der Waals surface area contributed by atoms with E-state index in [0.717, 1.165) is 4.47 Å². The summed E-state index contributed by atoms with van der Waals surface area (Å²) in [5, 5.41) is 8.94. The topological polar surface area (TPSA) is 37.3 Å². The molecule has 4 heteroatoms. The van der Waals surface area contributed by atoms with Gasteiger partial charge in [-0.1, -0.05) is 27.8 Å². The summed E-state index contributed by atoms with van der Waals surface area (Å²) in [5.74, 6) is 5.39. The van der Waals surface area contributed by atoms with Crippen LogP contribution in [0.15, 0.2) is 22.7 Å². The quantitative estimate of drug-likeness (QED) is 0.647. The summed E-state index contributed by atoms with van der Waals surface area (Å²) in [7, 11) is 0. The number of rotatable bonds is 2. The first-order valence-corrected chi connectivity index (χ1v) is 5.70. The number of carboxylic acids is 1. The van der Waals surface area contributed by atoms with E-state index in [1.807, 2.05) is 0 Å². The van der Waals surface area contributed by atoms with E-state index in [4.69, 9.17) is 5.11 Å². The molecule has 15 heavy (non-hydrogen) atoms. The van der Waals surface area contributed by atoms with Gasteiger partial charge in [-0.25, -0.2) is 4.79 Å². The average Bonchev–Trinajstić information content (AvgIpc) is 2.20. The Morgan fingerprint density at radius 1 is 1.53 bits per heavy atom. The van der Waals surface area contributed by atoms with Crippen molar-refractivity contribution in [2.75, 3.05) is 5.75 Å². The molecule has 2 nitrogen and oxygen atoms in total. The molecule has 0 unspecified atom stereocenters. The summed E-state index contributed by atoms with van der Waals surface area (Å²) in [5.41, 5.74) is 0.753. The maximum Gasteiger partial charge on any atom is 0.337 e. The Bertz CT molecular complexity index is 432. The normalized spacial score (nSPS) is 9.20. The van der Waals surface area contributed by atoms with Gasteiger partial charge in [0.15, 0.2) is 0 Å². The van der Waals surface area contributed by atoms with Crippen molar-refractivity contribution in [2.24, 2.45) is 0 Å². The largest absolute Gasteiger partial charge is 0.478 e. The first kappa shape index (κ1) is 12.2. The number of carbonyl (C=O) groups is 1. The Balaban J connectivity index is 3.08. The van der Waals surface area contributed by atoms with Crippen LogP contribution in [0.3, 0.4) is 0 Å². The molecule has 0 saturated carbocycles. The van der Waals surface area contributed by atoms with E-state index in [1.54, 1.807) is 18.2 Å². The highest BCUT2D eigenvalue weighted by Gasteiger charge is 2.08. The maximum atomic E-state index is 10.9. The van der Waals surface area contributed by atoms with Crippen molar-refractivity contribution in [2.45, 2.75) is 6.42 Å². The Labute approximate surface area is 102 Å². The van der Waals surface area contributed by atoms with Gasteiger partial charge in [-0.2, -0.15) is 12.6 Å². The third-order valence-corrected chi connectivity index (χ3v) is 2.39. The molecule has 0 heterocycles. The number of aromatic carboxylic acids is 1. The van der Waals surface area contributed by atoms with E-state index < -0.39 is 5.97 Å². The minimum absolute atomic E-state index is 0.219. The molecule has 1 aromatic rings. The molecule has 0 amide bonds. The summed E-state index contributed by atoms with van der Waals surface area (Å²) in [6.45, 7) is 0. The SMILES string of the molecule is O=C(O)c1cc(Br)ccc1C#CCCS. The lowest BCUT2D eigenvalue weighted by atomic mass is 10.1. The van der Waals surface area contributed by atoms with Gasteiger partial charge in [0.05, 0.1) is 5.56 Å². The van der Waals surface area contributed by atoms with Crippen LogP contribution in [0.25, 0.3) is 0 Å². The van der Waals surface area contributed by atoms with Crippen molar-refractivity contribution in [3.8, 4) is 11.8 Å². The van der Waals surface area contributed by atoms with Crippen LogP contribution < -0.4 is 0 Å². The molecule has 1 N–H and O–H groups in total. The van der Waals surface area contributed by atoms with Crippen molar-refractivity contribution in [3.63, 3.8) is 0 Å². The fourth-order valence-electron chi connectivity index (χ4n) is 1.02. The standard InChI is InChI=1S/C11H9BrO2S/c12-9-5-4-8(3-1-2-6-15)10(7-9)11(13)14/h4-5,7,15H,2,6H2,(H,13,14). The number of halogens is 1.